The topological polar surface area (TPSA) is 108 Å². The van der Waals surface area contributed by atoms with Gasteiger partial charge >= 0.3 is 0 Å². The molecule has 0 fully saturated rings. The minimum Gasteiger partial charge on any atom is -0.324 e. The van der Waals surface area contributed by atoms with Gasteiger partial charge in [-0.2, -0.15) is 5.26 Å². The predicted molar refractivity (Wildman–Crippen MR) is 104 cm³/mol. The van der Waals surface area contributed by atoms with E-state index in [0.717, 1.165) is 5.56 Å². The lowest BCUT2D eigenvalue weighted by Crippen LogP contribution is -2.16. The van der Waals surface area contributed by atoms with Gasteiger partial charge in [0.1, 0.15) is 17.0 Å². The molecule has 0 aliphatic rings. The van der Waals surface area contributed by atoms with Crippen LogP contribution in [0.1, 0.15) is 15.9 Å². The number of hydrogen-bond acceptors (Lipinski definition) is 6. The van der Waals surface area contributed by atoms with Crippen LogP contribution in [0.3, 0.4) is 0 Å². The number of nitrogens with one attached hydrogen (secondary N) is 2. The third kappa shape index (κ3) is 4.47. The number of alkyl halides is 1. The maximum Gasteiger partial charge on any atom is 0.257 e. The summed E-state index contributed by atoms with van der Waals surface area (Å²) in [6, 6.07) is 15.8. The second-order valence-electron chi connectivity index (χ2n) is 5.29. The molecule has 3 rings (SSSR count). The lowest BCUT2D eigenvalue weighted by Gasteiger charge is -2.08. The fourth-order valence-corrected chi connectivity index (χ4v) is 3.02. The fraction of sp³-hybridized carbons (Fsp3) is 0.0556. The van der Waals surface area contributed by atoms with E-state index < -0.39 is 11.8 Å². The van der Waals surface area contributed by atoms with Crippen LogP contribution in [0.4, 0.5) is 10.8 Å². The summed E-state index contributed by atoms with van der Waals surface area (Å²) in [5, 5.41) is 23.4. The van der Waals surface area contributed by atoms with E-state index in [-0.39, 0.29) is 22.7 Å². The van der Waals surface area contributed by atoms with Gasteiger partial charge in [0.25, 0.3) is 5.91 Å². The van der Waals surface area contributed by atoms with Gasteiger partial charge in [0.2, 0.25) is 11.0 Å². The zero-order valence-electron chi connectivity index (χ0n) is 13.8. The molecule has 0 bridgehead atoms. The van der Waals surface area contributed by atoms with Crippen LogP contribution in [0.5, 0.6) is 0 Å². The Morgan fingerprint density at radius 3 is 2.59 bits per heavy atom. The zero-order valence-corrected chi connectivity index (χ0v) is 15.3. The smallest absolute Gasteiger partial charge is 0.257 e. The minimum absolute atomic E-state index is 0.220. The molecule has 0 aliphatic heterocycles. The summed E-state index contributed by atoms with van der Waals surface area (Å²) in [4.78, 5) is 24.0. The maximum atomic E-state index is 12.5. The standard InChI is InChI=1S/C18H12ClN5O2S/c19-9-15(25)21-14-8-12(6-7-13(14)10-20)16(26)22-18-24-23-17(27-18)11-4-2-1-3-5-11/h1-8H,9H2,(H,21,25)(H,22,24,26). The van der Waals surface area contributed by atoms with Crippen LogP contribution in [-0.4, -0.2) is 27.9 Å². The molecule has 7 nitrogen and oxygen atoms in total. The summed E-state index contributed by atoms with van der Waals surface area (Å²) in [6.07, 6.45) is 0. The number of carbonyl (C=O) groups excluding carboxylic acids is 2. The van der Waals surface area contributed by atoms with Crippen molar-refractivity contribution in [3.05, 3.63) is 59.7 Å². The van der Waals surface area contributed by atoms with Crippen LogP contribution in [0.25, 0.3) is 10.6 Å². The number of rotatable bonds is 5. The van der Waals surface area contributed by atoms with E-state index in [1.54, 1.807) is 0 Å². The van der Waals surface area contributed by atoms with E-state index in [1.807, 2.05) is 36.4 Å². The largest absolute Gasteiger partial charge is 0.324 e. The Kier molecular flexibility index (Phi) is 5.76. The lowest BCUT2D eigenvalue weighted by molar-refractivity contribution is -0.113. The second kappa shape index (κ2) is 8.40. The molecular weight excluding hydrogens is 386 g/mol. The van der Waals surface area contributed by atoms with Crippen LogP contribution in [0.15, 0.2) is 48.5 Å². The van der Waals surface area contributed by atoms with Gasteiger partial charge in [-0.25, -0.2) is 0 Å². The highest BCUT2D eigenvalue weighted by molar-refractivity contribution is 7.18. The van der Waals surface area contributed by atoms with Crippen molar-refractivity contribution in [2.45, 2.75) is 0 Å². The number of anilines is 2. The summed E-state index contributed by atoms with van der Waals surface area (Å²) in [6.45, 7) is 0. The van der Waals surface area contributed by atoms with Crippen molar-refractivity contribution in [2.75, 3.05) is 16.5 Å². The molecular formula is C18H12ClN5O2S. The van der Waals surface area contributed by atoms with E-state index in [1.165, 1.54) is 29.5 Å². The first-order valence-corrected chi connectivity index (χ1v) is 9.06. The summed E-state index contributed by atoms with van der Waals surface area (Å²) in [5.74, 6) is -1.16. The zero-order chi connectivity index (χ0) is 19.2. The molecule has 2 N–H and O–H groups in total. The molecule has 1 heterocycles. The molecule has 0 saturated carbocycles. The molecule has 27 heavy (non-hydrogen) atoms. The molecule has 1 aromatic heterocycles. The average Bonchev–Trinajstić information content (AvgIpc) is 3.17. The SMILES string of the molecule is N#Cc1ccc(C(=O)Nc2nnc(-c3ccccc3)s2)cc1NC(=O)CCl. The Balaban J connectivity index is 1.78. The Labute approximate surface area is 163 Å². The fourth-order valence-electron chi connectivity index (χ4n) is 2.21. The van der Waals surface area contributed by atoms with Gasteiger partial charge < -0.3 is 5.32 Å². The van der Waals surface area contributed by atoms with Crippen molar-refractivity contribution in [1.29, 1.82) is 5.26 Å². The van der Waals surface area contributed by atoms with Gasteiger partial charge in [0, 0.05) is 11.1 Å². The van der Waals surface area contributed by atoms with Crippen molar-refractivity contribution in [3.63, 3.8) is 0 Å². The van der Waals surface area contributed by atoms with Crippen molar-refractivity contribution in [3.8, 4) is 16.6 Å². The highest BCUT2D eigenvalue weighted by Crippen LogP contribution is 2.26. The first kappa shape index (κ1) is 18.5. The summed E-state index contributed by atoms with van der Waals surface area (Å²) in [7, 11) is 0. The number of hydrogen-bond donors (Lipinski definition) is 2. The first-order chi connectivity index (χ1) is 13.1. The van der Waals surface area contributed by atoms with Gasteiger partial charge in [-0.15, -0.1) is 21.8 Å². The van der Waals surface area contributed by atoms with Crippen LogP contribution < -0.4 is 10.6 Å². The molecule has 2 amide bonds. The minimum atomic E-state index is -0.470. The monoisotopic (exact) mass is 397 g/mol. The van der Waals surface area contributed by atoms with Gasteiger partial charge in [0.15, 0.2) is 0 Å². The normalized spacial score (nSPS) is 10.1. The van der Waals surface area contributed by atoms with Crippen LogP contribution >= 0.6 is 22.9 Å². The first-order valence-electron chi connectivity index (χ1n) is 7.71. The number of benzene rings is 2. The Morgan fingerprint density at radius 2 is 1.89 bits per heavy atom. The van der Waals surface area contributed by atoms with Crippen molar-refractivity contribution in [2.24, 2.45) is 0 Å². The maximum absolute atomic E-state index is 12.5. The van der Waals surface area contributed by atoms with Crippen LogP contribution in [0.2, 0.25) is 0 Å². The Morgan fingerprint density at radius 1 is 1.11 bits per heavy atom. The molecule has 0 saturated heterocycles. The van der Waals surface area contributed by atoms with Crippen LogP contribution in [0, 0.1) is 11.3 Å². The molecule has 2 aromatic carbocycles. The average molecular weight is 398 g/mol. The van der Waals surface area contributed by atoms with Gasteiger partial charge in [-0.05, 0) is 18.2 Å². The molecule has 3 aromatic rings. The molecule has 0 aliphatic carbocycles. The summed E-state index contributed by atoms with van der Waals surface area (Å²) in [5.41, 5.74) is 1.61. The van der Waals surface area contributed by atoms with Gasteiger partial charge in [0.05, 0.1) is 11.3 Å². The quantitative estimate of drug-likeness (QED) is 0.640. The summed E-state index contributed by atoms with van der Waals surface area (Å²) >= 11 is 6.71. The van der Waals surface area contributed by atoms with E-state index in [9.17, 15) is 9.59 Å². The number of nitrogens with zero attached hydrogens (tertiary/aromatic N) is 3. The van der Waals surface area contributed by atoms with E-state index in [4.69, 9.17) is 16.9 Å². The molecule has 9 heteroatoms. The highest BCUT2D eigenvalue weighted by atomic mass is 35.5. The third-order valence-electron chi connectivity index (χ3n) is 3.46. The Bertz CT molecular complexity index is 1030. The Hall–Kier alpha value is -3.28. The number of aromatic nitrogens is 2. The molecule has 134 valence electrons. The molecule has 0 spiro atoms. The van der Waals surface area contributed by atoms with Crippen molar-refractivity contribution >= 4 is 45.6 Å². The van der Waals surface area contributed by atoms with Crippen molar-refractivity contribution < 1.29 is 9.59 Å². The summed E-state index contributed by atoms with van der Waals surface area (Å²) < 4.78 is 0. The van der Waals surface area contributed by atoms with Gasteiger partial charge in [-0.3, -0.25) is 14.9 Å². The molecule has 0 unspecified atom stereocenters. The van der Waals surface area contributed by atoms with E-state index in [0.29, 0.717) is 10.1 Å². The van der Waals surface area contributed by atoms with Gasteiger partial charge in [-0.1, -0.05) is 41.7 Å². The number of nitriles is 1. The van der Waals surface area contributed by atoms with Crippen LogP contribution in [-0.2, 0) is 4.79 Å². The second-order valence-corrected chi connectivity index (χ2v) is 6.53. The number of amides is 2. The van der Waals surface area contributed by atoms with E-state index >= 15 is 0 Å². The lowest BCUT2D eigenvalue weighted by atomic mass is 10.1. The predicted octanol–water partition coefficient (Wildman–Crippen LogP) is 3.51. The third-order valence-corrected chi connectivity index (χ3v) is 4.59. The number of carbonyl (C=O) groups is 2. The number of halogens is 1. The van der Waals surface area contributed by atoms with E-state index in [2.05, 4.69) is 20.8 Å². The highest BCUT2D eigenvalue weighted by Gasteiger charge is 2.14. The molecule has 0 atom stereocenters. The molecule has 0 radical (unpaired) electrons. The van der Waals surface area contributed by atoms with Crippen molar-refractivity contribution in [1.82, 2.24) is 10.2 Å².